The van der Waals surface area contributed by atoms with Crippen LogP contribution < -0.4 is 0 Å². The van der Waals surface area contributed by atoms with Crippen LogP contribution in [0.25, 0.3) is 0 Å². The van der Waals surface area contributed by atoms with E-state index in [2.05, 4.69) is 41.5 Å². The molecule has 0 radical (unpaired) electrons. The zero-order chi connectivity index (χ0) is 10.6. The third-order valence-electron chi connectivity index (χ3n) is 3.43. The van der Waals surface area contributed by atoms with E-state index in [-0.39, 0.29) is 11.3 Å². The van der Waals surface area contributed by atoms with Gasteiger partial charge in [0.05, 0.1) is 0 Å². The summed E-state index contributed by atoms with van der Waals surface area (Å²) in [6.07, 6.45) is 1.96. The molecule has 13 heavy (non-hydrogen) atoms. The van der Waals surface area contributed by atoms with E-state index >= 15 is 0 Å². The van der Waals surface area contributed by atoms with Crippen LogP contribution in [0.15, 0.2) is 0 Å². The topological polar surface area (TPSA) is 17.1 Å². The highest BCUT2D eigenvalue weighted by Crippen LogP contribution is 2.32. The van der Waals surface area contributed by atoms with Gasteiger partial charge in [0.2, 0.25) is 0 Å². The Balaban J connectivity index is 4.56. The SMILES string of the molecule is CCC(CC)C(=O)C(C)(C)C(C)C. The van der Waals surface area contributed by atoms with E-state index in [9.17, 15) is 4.79 Å². The molecule has 0 aliphatic heterocycles. The summed E-state index contributed by atoms with van der Waals surface area (Å²) in [6.45, 7) is 12.6. The molecule has 0 heterocycles. The molecule has 0 aromatic heterocycles. The lowest BCUT2D eigenvalue weighted by molar-refractivity contribution is -0.133. The van der Waals surface area contributed by atoms with E-state index < -0.39 is 0 Å². The minimum absolute atomic E-state index is 0.156. The third-order valence-corrected chi connectivity index (χ3v) is 3.43. The summed E-state index contributed by atoms with van der Waals surface area (Å²) in [4.78, 5) is 12.1. The number of carbonyl (C=O) groups is 1. The molecule has 0 aromatic rings. The molecule has 0 aliphatic carbocycles. The first-order valence-electron chi connectivity index (χ1n) is 5.42. The monoisotopic (exact) mass is 184 g/mol. The molecule has 0 N–H and O–H groups in total. The highest BCUT2D eigenvalue weighted by Gasteiger charge is 2.34. The third kappa shape index (κ3) is 2.82. The van der Waals surface area contributed by atoms with Crippen molar-refractivity contribution in [1.29, 1.82) is 0 Å². The second-order valence-electron chi connectivity index (χ2n) is 4.75. The predicted octanol–water partition coefficient (Wildman–Crippen LogP) is 3.67. The zero-order valence-corrected chi connectivity index (χ0v) is 9.98. The van der Waals surface area contributed by atoms with Crippen molar-refractivity contribution < 1.29 is 4.79 Å². The van der Waals surface area contributed by atoms with Crippen LogP contribution in [0.2, 0.25) is 0 Å². The lowest BCUT2D eigenvalue weighted by atomic mass is 9.72. The fourth-order valence-electron chi connectivity index (χ4n) is 1.47. The molecule has 0 spiro atoms. The molecular formula is C12H24O. The number of hydrogen-bond acceptors (Lipinski definition) is 1. The maximum Gasteiger partial charge on any atom is 0.141 e. The first kappa shape index (κ1) is 12.7. The van der Waals surface area contributed by atoms with Crippen LogP contribution in [0.4, 0.5) is 0 Å². The average molecular weight is 184 g/mol. The van der Waals surface area contributed by atoms with Crippen molar-refractivity contribution >= 4 is 5.78 Å². The molecular weight excluding hydrogens is 160 g/mol. The second-order valence-corrected chi connectivity index (χ2v) is 4.75. The van der Waals surface area contributed by atoms with Crippen molar-refractivity contribution in [2.24, 2.45) is 17.3 Å². The Morgan fingerprint density at radius 3 is 1.77 bits per heavy atom. The van der Waals surface area contributed by atoms with Gasteiger partial charge in [-0.2, -0.15) is 0 Å². The lowest BCUT2D eigenvalue weighted by Gasteiger charge is -2.31. The van der Waals surface area contributed by atoms with Crippen LogP contribution >= 0.6 is 0 Å². The molecule has 0 rings (SSSR count). The molecule has 1 heteroatoms. The van der Waals surface area contributed by atoms with Gasteiger partial charge in [0.15, 0.2) is 0 Å². The van der Waals surface area contributed by atoms with Gasteiger partial charge in [0, 0.05) is 11.3 Å². The summed E-state index contributed by atoms with van der Waals surface area (Å²) in [6, 6.07) is 0. The van der Waals surface area contributed by atoms with Gasteiger partial charge in [-0.1, -0.05) is 41.5 Å². The van der Waals surface area contributed by atoms with Crippen molar-refractivity contribution in [1.82, 2.24) is 0 Å². The fourth-order valence-corrected chi connectivity index (χ4v) is 1.47. The van der Waals surface area contributed by atoms with E-state index in [0.717, 1.165) is 12.8 Å². The molecule has 0 aliphatic rings. The van der Waals surface area contributed by atoms with Crippen molar-refractivity contribution in [3.8, 4) is 0 Å². The molecule has 1 nitrogen and oxygen atoms in total. The maximum absolute atomic E-state index is 12.1. The molecule has 0 saturated carbocycles. The molecule has 0 saturated heterocycles. The zero-order valence-electron chi connectivity index (χ0n) is 9.98. The summed E-state index contributed by atoms with van der Waals surface area (Å²) < 4.78 is 0. The van der Waals surface area contributed by atoms with Gasteiger partial charge in [-0.3, -0.25) is 4.79 Å². The highest BCUT2D eigenvalue weighted by molar-refractivity contribution is 5.86. The molecule has 0 atom stereocenters. The Labute approximate surface area is 82.9 Å². The van der Waals surface area contributed by atoms with E-state index in [1.54, 1.807) is 0 Å². The van der Waals surface area contributed by atoms with Gasteiger partial charge in [0.25, 0.3) is 0 Å². The van der Waals surface area contributed by atoms with Gasteiger partial charge in [-0.25, -0.2) is 0 Å². The number of rotatable bonds is 5. The van der Waals surface area contributed by atoms with Crippen molar-refractivity contribution in [2.75, 3.05) is 0 Å². The number of carbonyl (C=O) groups excluding carboxylic acids is 1. The smallest absolute Gasteiger partial charge is 0.141 e. The van der Waals surface area contributed by atoms with Crippen LogP contribution in [-0.4, -0.2) is 5.78 Å². The van der Waals surface area contributed by atoms with E-state index in [1.165, 1.54) is 0 Å². The number of ketones is 1. The quantitative estimate of drug-likeness (QED) is 0.637. The summed E-state index contributed by atoms with van der Waals surface area (Å²) in [5.41, 5.74) is -0.156. The van der Waals surface area contributed by atoms with Crippen LogP contribution in [0.1, 0.15) is 54.4 Å². The summed E-state index contributed by atoms with van der Waals surface area (Å²) in [7, 11) is 0. The highest BCUT2D eigenvalue weighted by atomic mass is 16.1. The summed E-state index contributed by atoms with van der Waals surface area (Å²) >= 11 is 0. The van der Waals surface area contributed by atoms with Crippen LogP contribution in [0.5, 0.6) is 0 Å². The second kappa shape index (κ2) is 4.78. The number of hydrogen-bond donors (Lipinski definition) is 0. The minimum Gasteiger partial charge on any atom is -0.299 e. The van der Waals surface area contributed by atoms with Gasteiger partial charge in [-0.15, -0.1) is 0 Å². The Morgan fingerprint density at radius 1 is 1.15 bits per heavy atom. The molecule has 0 unspecified atom stereocenters. The van der Waals surface area contributed by atoms with Crippen molar-refractivity contribution in [3.05, 3.63) is 0 Å². The van der Waals surface area contributed by atoms with Gasteiger partial charge in [-0.05, 0) is 18.8 Å². The summed E-state index contributed by atoms with van der Waals surface area (Å²) in [5.74, 6) is 1.13. The Morgan fingerprint density at radius 2 is 1.54 bits per heavy atom. The van der Waals surface area contributed by atoms with E-state index in [1.807, 2.05) is 0 Å². The normalized spacial score (nSPS) is 12.6. The first-order chi connectivity index (χ1) is 5.87. The minimum atomic E-state index is -0.156. The summed E-state index contributed by atoms with van der Waals surface area (Å²) in [5, 5.41) is 0. The Kier molecular flexibility index (Phi) is 4.66. The molecule has 0 fully saturated rings. The Bertz CT molecular complexity index is 164. The number of Topliss-reactive ketones (excluding diaryl/α,β-unsaturated/α-hetero) is 1. The molecule has 0 bridgehead atoms. The average Bonchev–Trinajstić information content (AvgIpc) is 2.06. The van der Waals surface area contributed by atoms with E-state index in [0.29, 0.717) is 11.7 Å². The van der Waals surface area contributed by atoms with Crippen LogP contribution in [0, 0.1) is 17.3 Å². The van der Waals surface area contributed by atoms with Gasteiger partial charge < -0.3 is 0 Å². The molecule has 0 amide bonds. The lowest BCUT2D eigenvalue weighted by Crippen LogP contribution is -2.34. The van der Waals surface area contributed by atoms with Crippen LogP contribution in [0.3, 0.4) is 0 Å². The van der Waals surface area contributed by atoms with Crippen molar-refractivity contribution in [3.63, 3.8) is 0 Å². The Hall–Kier alpha value is -0.330. The standard InChI is InChI=1S/C12H24O/c1-7-10(8-2)11(13)12(5,6)9(3)4/h9-10H,7-8H2,1-6H3. The van der Waals surface area contributed by atoms with Gasteiger partial charge in [0.1, 0.15) is 5.78 Å². The largest absolute Gasteiger partial charge is 0.299 e. The predicted molar refractivity (Wildman–Crippen MR) is 57.7 cm³/mol. The first-order valence-corrected chi connectivity index (χ1v) is 5.42. The molecule has 78 valence electrons. The van der Waals surface area contributed by atoms with Crippen molar-refractivity contribution in [2.45, 2.75) is 54.4 Å². The maximum atomic E-state index is 12.1. The van der Waals surface area contributed by atoms with E-state index in [4.69, 9.17) is 0 Å². The molecule has 0 aromatic carbocycles. The fraction of sp³-hybridized carbons (Fsp3) is 0.917. The van der Waals surface area contributed by atoms with Crippen LogP contribution in [-0.2, 0) is 4.79 Å². The van der Waals surface area contributed by atoms with Gasteiger partial charge >= 0.3 is 0 Å².